The molecule has 0 fully saturated rings. The lowest BCUT2D eigenvalue weighted by Crippen LogP contribution is -2.43. The average Bonchev–Trinajstić information content (AvgIpc) is 2.24. The van der Waals surface area contributed by atoms with Crippen LogP contribution >= 0.6 is 24.8 Å². The van der Waals surface area contributed by atoms with Crippen molar-refractivity contribution in [2.75, 3.05) is 34.9 Å². The van der Waals surface area contributed by atoms with Crippen LogP contribution in [0.3, 0.4) is 0 Å². The molecule has 7 heteroatoms. The molecule has 0 aromatic heterocycles. The van der Waals surface area contributed by atoms with Gasteiger partial charge in [-0.2, -0.15) is 0 Å². The number of hydrogen-bond acceptors (Lipinski definition) is 4. The molecule has 0 unspecified atom stereocenters. The van der Waals surface area contributed by atoms with E-state index in [0.717, 1.165) is 19.0 Å². The normalized spacial score (nSPS) is 11.5. The van der Waals surface area contributed by atoms with Crippen molar-refractivity contribution >= 4 is 38.0 Å². The Hall–Kier alpha value is 0.337. The third-order valence-corrected chi connectivity index (χ3v) is 5.72. The predicted molar refractivity (Wildman–Crippen MR) is 70.4 cm³/mol. The average molecular weight is 269 g/mol. The lowest BCUT2D eigenvalue weighted by molar-refractivity contribution is 0.122. The second-order valence-electron chi connectivity index (χ2n) is 3.10. The van der Waals surface area contributed by atoms with Gasteiger partial charge in [0.15, 0.2) is 0 Å². The predicted octanol–water partition coefficient (Wildman–Crippen LogP) is 1.40. The minimum absolute atomic E-state index is 0.592. The molecule has 0 aliphatic heterocycles. The molecule has 0 aliphatic carbocycles. The van der Waals surface area contributed by atoms with E-state index >= 15 is 0 Å². The van der Waals surface area contributed by atoms with Crippen molar-refractivity contribution in [3.8, 4) is 0 Å². The van der Waals surface area contributed by atoms with Crippen molar-refractivity contribution in [1.82, 2.24) is 4.90 Å². The second-order valence-corrected chi connectivity index (χ2v) is 7.31. The fraction of sp³-hybridized carbons (Fsp3) is 0.875. The highest BCUT2D eigenvalue weighted by atomic mass is 32.1. The van der Waals surface area contributed by atoms with E-state index in [4.69, 9.17) is 25.5 Å². The van der Waals surface area contributed by atoms with Crippen molar-refractivity contribution in [1.29, 1.82) is 0 Å². The molecule has 0 atom stereocenters. The lowest BCUT2D eigenvalue weighted by Gasteiger charge is -2.25. The largest absolute Gasteiger partial charge is 0.500 e. The van der Waals surface area contributed by atoms with E-state index in [1.807, 2.05) is 11.9 Å². The standard InChI is InChI=1S/C8H19NO3S2Si/c1-9(8(13)14)6-5-7-15(10-2,11-3)12-4/h5-7H2,1-4H3,(H,13,14). The highest BCUT2D eigenvalue weighted by Gasteiger charge is 2.36. The molecule has 0 N–H and O–H groups in total. The summed E-state index contributed by atoms with van der Waals surface area (Å²) >= 11 is 9.00. The molecule has 0 radical (unpaired) electrons. The minimum atomic E-state index is -2.41. The van der Waals surface area contributed by atoms with Crippen molar-refractivity contribution in [3.05, 3.63) is 0 Å². The Morgan fingerprint density at radius 3 is 2.07 bits per heavy atom. The molecule has 0 saturated carbocycles. The Morgan fingerprint density at radius 2 is 1.73 bits per heavy atom. The Morgan fingerprint density at radius 1 is 1.27 bits per heavy atom. The fourth-order valence-corrected chi connectivity index (χ4v) is 3.08. The van der Waals surface area contributed by atoms with E-state index in [2.05, 4.69) is 12.6 Å². The molecule has 0 aromatic carbocycles. The van der Waals surface area contributed by atoms with Crippen LogP contribution < -0.4 is 0 Å². The summed E-state index contributed by atoms with van der Waals surface area (Å²) in [6.45, 7) is 0.827. The SMILES string of the molecule is CO[Si](CCCN(C)C(=S)S)(OC)OC. The molecule has 0 bridgehead atoms. The Bertz CT molecular complexity index is 194. The van der Waals surface area contributed by atoms with Crippen LogP contribution in [0.1, 0.15) is 6.42 Å². The van der Waals surface area contributed by atoms with Gasteiger partial charge in [0, 0.05) is 41.0 Å². The third-order valence-electron chi connectivity index (χ3n) is 2.24. The number of nitrogens with zero attached hydrogens (tertiary/aromatic N) is 1. The van der Waals surface area contributed by atoms with Crippen LogP contribution in [0.5, 0.6) is 0 Å². The maximum absolute atomic E-state index is 5.30. The molecule has 0 heterocycles. The van der Waals surface area contributed by atoms with Crippen LogP contribution in [0.4, 0.5) is 0 Å². The van der Waals surface area contributed by atoms with Gasteiger partial charge < -0.3 is 18.2 Å². The number of hydrogen-bond donors (Lipinski definition) is 1. The molecule has 4 nitrogen and oxygen atoms in total. The van der Waals surface area contributed by atoms with Gasteiger partial charge in [0.1, 0.15) is 4.32 Å². The van der Waals surface area contributed by atoms with Gasteiger partial charge in [0.2, 0.25) is 0 Å². The summed E-state index contributed by atoms with van der Waals surface area (Å²) in [6, 6.07) is 0.775. The number of rotatable bonds is 7. The van der Waals surface area contributed by atoms with Crippen molar-refractivity contribution in [2.24, 2.45) is 0 Å². The van der Waals surface area contributed by atoms with Gasteiger partial charge in [-0.1, -0.05) is 12.2 Å². The summed E-state index contributed by atoms with van der Waals surface area (Å²) in [7, 11) is 4.35. The first-order valence-corrected chi connectivity index (χ1v) is 7.39. The first-order chi connectivity index (χ1) is 7.01. The zero-order valence-electron chi connectivity index (χ0n) is 9.65. The molecule has 0 aromatic rings. The smallest absolute Gasteiger partial charge is 0.377 e. The molecule has 0 rings (SSSR count). The second kappa shape index (κ2) is 7.58. The lowest BCUT2D eigenvalue weighted by atomic mass is 10.5. The van der Waals surface area contributed by atoms with Crippen LogP contribution in [0.25, 0.3) is 0 Å². The summed E-state index contributed by atoms with van der Waals surface area (Å²) < 4.78 is 16.5. The molecular formula is C8H19NO3S2Si. The van der Waals surface area contributed by atoms with Gasteiger partial charge in [-0.15, -0.1) is 12.6 Å². The zero-order valence-corrected chi connectivity index (χ0v) is 12.4. The van der Waals surface area contributed by atoms with Gasteiger partial charge >= 0.3 is 8.80 Å². The Balaban J connectivity index is 3.96. The van der Waals surface area contributed by atoms with Crippen molar-refractivity contribution in [3.63, 3.8) is 0 Å². The van der Waals surface area contributed by atoms with Gasteiger partial charge in [0.25, 0.3) is 0 Å². The fourth-order valence-electron chi connectivity index (χ4n) is 1.18. The summed E-state index contributed by atoms with van der Waals surface area (Å²) in [5.41, 5.74) is 0. The van der Waals surface area contributed by atoms with E-state index in [1.165, 1.54) is 0 Å². The van der Waals surface area contributed by atoms with E-state index < -0.39 is 8.80 Å². The highest BCUT2D eigenvalue weighted by molar-refractivity contribution is 8.10. The number of thiocarbonyl (C=S) groups is 1. The van der Waals surface area contributed by atoms with Gasteiger partial charge in [0.05, 0.1) is 0 Å². The molecule has 0 saturated heterocycles. The van der Waals surface area contributed by atoms with Crippen LogP contribution in [-0.2, 0) is 13.3 Å². The highest BCUT2D eigenvalue weighted by Crippen LogP contribution is 2.15. The van der Waals surface area contributed by atoms with Crippen LogP contribution in [0, 0.1) is 0 Å². The minimum Gasteiger partial charge on any atom is -0.377 e. The summed E-state index contributed by atoms with van der Waals surface area (Å²) in [6.07, 6.45) is 0.902. The van der Waals surface area contributed by atoms with Crippen LogP contribution in [0.2, 0.25) is 6.04 Å². The molecular weight excluding hydrogens is 250 g/mol. The van der Waals surface area contributed by atoms with Crippen molar-refractivity contribution < 1.29 is 13.3 Å². The van der Waals surface area contributed by atoms with Crippen LogP contribution in [-0.4, -0.2) is 52.9 Å². The van der Waals surface area contributed by atoms with Crippen LogP contribution in [0.15, 0.2) is 0 Å². The van der Waals surface area contributed by atoms with E-state index in [0.29, 0.717) is 4.32 Å². The van der Waals surface area contributed by atoms with E-state index in [9.17, 15) is 0 Å². The molecule has 0 spiro atoms. The first kappa shape index (κ1) is 15.3. The Kier molecular flexibility index (Phi) is 7.75. The maximum atomic E-state index is 5.30. The zero-order chi connectivity index (χ0) is 11.9. The van der Waals surface area contributed by atoms with E-state index in [1.54, 1.807) is 21.3 Å². The molecule has 0 amide bonds. The van der Waals surface area contributed by atoms with Gasteiger partial charge in [-0.3, -0.25) is 0 Å². The van der Waals surface area contributed by atoms with Gasteiger partial charge in [-0.25, -0.2) is 0 Å². The molecule has 15 heavy (non-hydrogen) atoms. The Labute approximate surface area is 104 Å². The quantitative estimate of drug-likeness (QED) is 0.429. The first-order valence-electron chi connectivity index (χ1n) is 4.61. The topological polar surface area (TPSA) is 30.9 Å². The maximum Gasteiger partial charge on any atom is 0.500 e. The summed E-state index contributed by atoms with van der Waals surface area (Å²) in [4.78, 5) is 1.90. The van der Waals surface area contributed by atoms with Gasteiger partial charge in [-0.05, 0) is 6.42 Å². The summed E-state index contributed by atoms with van der Waals surface area (Å²) in [5, 5.41) is 0. The molecule has 0 aliphatic rings. The number of thiol groups is 1. The monoisotopic (exact) mass is 269 g/mol. The van der Waals surface area contributed by atoms with Crippen molar-refractivity contribution in [2.45, 2.75) is 12.5 Å². The molecule has 90 valence electrons. The summed E-state index contributed by atoms with van der Waals surface area (Å²) in [5.74, 6) is 0. The third kappa shape index (κ3) is 5.28. The van der Waals surface area contributed by atoms with E-state index in [-0.39, 0.29) is 0 Å².